The molecule has 0 saturated carbocycles. The summed E-state index contributed by atoms with van der Waals surface area (Å²) < 4.78 is 0. The van der Waals surface area contributed by atoms with Gasteiger partial charge >= 0.3 is 0 Å². The molecule has 0 saturated heterocycles. The molecular weight excluding hydrogens is 188 g/mol. The van der Waals surface area contributed by atoms with E-state index in [4.69, 9.17) is 5.73 Å². The average Bonchev–Trinajstić information content (AvgIpc) is 2.24. The predicted molar refractivity (Wildman–Crippen MR) is 64.6 cm³/mol. The number of unbranched alkanes of at least 4 members (excludes halogenated alkanes) is 1. The van der Waals surface area contributed by atoms with Gasteiger partial charge in [-0.15, -0.1) is 0 Å². The molecule has 0 heterocycles. The van der Waals surface area contributed by atoms with Crippen molar-refractivity contribution in [1.82, 2.24) is 4.90 Å². The Hall–Kier alpha value is -0.570. The van der Waals surface area contributed by atoms with E-state index in [0.29, 0.717) is 5.92 Å². The van der Waals surface area contributed by atoms with Gasteiger partial charge in [0, 0.05) is 13.6 Å². The molecule has 0 spiro atoms. The summed E-state index contributed by atoms with van der Waals surface area (Å²) >= 11 is 0. The maximum absolute atomic E-state index is 11.8. The molecule has 0 rings (SSSR count). The van der Waals surface area contributed by atoms with E-state index in [0.717, 1.165) is 32.2 Å². The van der Waals surface area contributed by atoms with Gasteiger partial charge in [-0.25, -0.2) is 0 Å². The molecule has 15 heavy (non-hydrogen) atoms. The van der Waals surface area contributed by atoms with Gasteiger partial charge in [0.25, 0.3) is 0 Å². The van der Waals surface area contributed by atoms with Crippen LogP contribution in [0.3, 0.4) is 0 Å². The quantitative estimate of drug-likeness (QED) is 0.704. The van der Waals surface area contributed by atoms with E-state index in [2.05, 4.69) is 20.8 Å². The van der Waals surface area contributed by atoms with Gasteiger partial charge in [0.2, 0.25) is 5.91 Å². The molecule has 3 heteroatoms. The van der Waals surface area contributed by atoms with Crippen molar-refractivity contribution in [2.45, 2.75) is 52.5 Å². The molecule has 90 valence electrons. The lowest BCUT2D eigenvalue weighted by Gasteiger charge is -2.23. The molecular formula is C12H26N2O. The van der Waals surface area contributed by atoms with Gasteiger partial charge < -0.3 is 10.6 Å². The monoisotopic (exact) mass is 214 g/mol. The molecule has 0 bridgehead atoms. The van der Waals surface area contributed by atoms with Crippen LogP contribution in [0.1, 0.15) is 46.5 Å². The van der Waals surface area contributed by atoms with Crippen LogP contribution in [0.15, 0.2) is 0 Å². The van der Waals surface area contributed by atoms with E-state index < -0.39 is 0 Å². The Balaban J connectivity index is 3.95. The molecule has 3 nitrogen and oxygen atoms in total. The first-order valence-electron chi connectivity index (χ1n) is 6.03. The van der Waals surface area contributed by atoms with E-state index in [1.165, 1.54) is 0 Å². The second-order valence-electron chi connectivity index (χ2n) is 4.48. The minimum absolute atomic E-state index is 0.0868. The van der Waals surface area contributed by atoms with Crippen molar-refractivity contribution in [2.24, 2.45) is 11.7 Å². The van der Waals surface area contributed by atoms with E-state index in [1.807, 2.05) is 7.05 Å². The number of nitrogens with two attached hydrogens (primary N) is 1. The van der Waals surface area contributed by atoms with Crippen molar-refractivity contribution >= 4 is 5.91 Å². The van der Waals surface area contributed by atoms with Crippen LogP contribution in [-0.4, -0.2) is 30.4 Å². The van der Waals surface area contributed by atoms with E-state index in [9.17, 15) is 4.79 Å². The number of hydrogen-bond acceptors (Lipinski definition) is 2. The van der Waals surface area contributed by atoms with Crippen molar-refractivity contribution in [3.8, 4) is 0 Å². The third kappa shape index (κ3) is 5.78. The van der Waals surface area contributed by atoms with Crippen molar-refractivity contribution in [2.75, 3.05) is 13.6 Å². The van der Waals surface area contributed by atoms with Crippen LogP contribution >= 0.6 is 0 Å². The molecule has 2 N–H and O–H groups in total. The third-order valence-corrected chi connectivity index (χ3v) is 2.84. The predicted octanol–water partition coefficient (Wildman–Crippen LogP) is 2.01. The zero-order valence-electron chi connectivity index (χ0n) is 10.6. The van der Waals surface area contributed by atoms with Gasteiger partial charge in [0.15, 0.2) is 0 Å². The maximum Gasteiger partial charge on any atom is 0.239 e. The fourth-order valence-corrected chi connectivity index (χ4v) is 1.52. The number of carbonyl (C=O) groups is 1. The van der Waals surface area contributed by atoms with Crippen molar-refractivity contribution < 1.29 is 4.79 Å². The molecule has 0 fully saturated rings. The minimum atomic E-state index is -0.306. The summed E-state index contributed by atoms with van der Waals surface area (Å²) in [5.74, 6) is 0.640. The molecule has 2 unspecified atom stereocenters. The van der Waals surface area contributed by atoms with Gasteiger partial charge in [-0.3, -0.25) is 4.79 Å². The fraction of sp³-hybridized carbons (Fsp3) is 0.917. The zero-order chi connectivity index (χ0) is 11.8. The normalized spacial score (nSPS) is 14.7. The lowest BCUT2D eigenvalue weighted by molar-refractivity contribution is -0.132. The highest BCUT2D eigenvalue weighted by atomic mass is 16.2. The molecule has 2 atom stereocenters. The second kappa shape index (κ2) is 7.69. The molecule has 0 aromatic rings. The summed E-state index contributed by atoms with van der Waals surface area (Å²) in [6.45, 7) is 7.22. The van der Waals surface area contributed by atoms with Crippen LogP contribution in [0, 0.1) is 5.92 Å². The molecule has 0 aliphatic rings. The molecule has 0 aliphatic heterocycles. The number of hydrogen-bond donors (Lipinski definition) is 1. The number of carbonyl (C=O) groups excluding carboxylic acids is 1. The molecule has 0 aromatic carbocycles. The average molecular weight is 214 g/mol. The number of rotatable bonds is 7. The minimum Gasteiger partial charge on any atom is -0.344 e. The second-order valence-corrected chi connectivity index (χ2v) is 4.48. The van der Waals surface area contributed by atoms with E-state index in [-0.39, 0.29) is 11.9 Å². The first-order chi connectivity index (χ1) is 7.02. The lowest BCUT2D eigenvalue weighted by atomic mass is 10.1. The maximum atomic E-state index is 11.8. The Bertz CT molecular complexity index is 182. The molecule has 0 radical (unpaired) electrons. The Morgan fingerprint density at radius 1 is 1.40 bits per heavy atom. The van der Waals surface area contributed by atoms with Crippen LogP contribution in [0.4, 0.5) is 0 Å². The van der Waals surface area contributed by atoms with E-state index in [1.54, 1.807) is 4.90 Å². The van der Waals surface area contributed by atoms with Crippen LogP contribution < -0.4 is 5.73 Å². The largest absolute Gasteiger partial charge is 0.344 e. The number of amides is 1. The Morgan fingerprint density at radius 2 is 2.00 bits per heavy atom. The van der Waals surface area contributed by atoms with Gasteiger partial charge in [-0.2, -0.15) is 0 Å². The van der Waals surface area contributed by atoms with Gasteiger partial charge in [-0.05, 0) is 12.3 Å². The van der Waals surface area contributed by atoms with Gasteiger partial charge in [0.1, 0.15) is 0 Å². The highest BCUT2D eigenvalue weighted by Gasteiger charge is 2.18. The van der Waals surface area contributed by atoms with Crippen molar-refractivity contribution in [3.05, 3.63) is 0 Å². The smallest absolute Gasteiger partial charge is 0.239 e. The third-order valence-electron chi connectivity index (χ3n) is 2.84. The molecule has 0 aliphatic carbocycles. The summed E-state index contributed by atoms with van der Waals surface area (Å²) in [6, 6.07) is -0.306. The Labute approximate surface area is 94.0 Å². The first kappa shape index (κ1) is 14.4. The van der Waals surface area contributed by atoms with Crippen LogP contribution in [0.5, 0.6) is 0 Å². The highest BCUT2D eigenvalue weighted by molar-refractivity contribution is 5.81. The van der Waals surface area contributed by atoms with E-state index >= 15 is 0 Å². The van der Waals surface area contributed by atoms with Gasteiger partial charge in [-0.1, -0.05) is 40.0 Å². The topological polar surface area (TPSA) is 46.3 Å². The lowest BCUT2D eigenvalue weighted by Crippen LogP contribution is -2.43. The Kier molecular flexibility index (Phi) is 7.39. The summed E-state index contributed by atoms with van der Waals surface area (Å²) in [5, 5.41) is 0. The van der Waals surface area contributed by atoms with Crippen LogP contribution in [-0.2, 0) is 4.79 Å². The number of likely N-dealkylation sites (N-methyl/N-ethyl adjacent to an activating group) is 1. The van der Waals surface area contributed by atoms with Crippen LogP contribution in [0.2, 0.25) is 0 Å². The van der Waals surface area contributed by atoms with Crippen LogP contribution in [0.25, 0.3) is 0 Å². The molecule has 1 amide bonds. The SMILES string of the molecule is CCCCC(N)C(=O)N(C)CC(C)CC. The summed E-state index contributed by atoms with van der Waals surface area (Å²) in [6.07, 6.45) is 4.03. The summed E-state index contributed by atoms with van der Waals surface area (Å²) in [7, 11) is 1.85. The number of nitrogens with zero attached hydrogens (tertiary/aromatic N) is 1. The highest BCUT2D eigenvalue weighted by Crippen LogP contribution is 2.06. The summed E-state index contributed by atoms with van der Waals surface area (Å²) in [4.78, 5) is 13.6. The first-order valence-corrected chi connectivity index (χ1v) is 6.03. The van der Waals surface area contributed by atoms with Crippen molar-refractivity contribution in [1.29, 1.82) is 0 Å². The van der Waals surface area contributed by atoms with Gasteiger partial charge in [0.05, 0.1) is 6.04 Å². The fourth-order valence-electron chi connectivity index (χ4n) is 1.52. The zero-order valence-corrected chi connectivity index (χ0v) is 10.6. The van der Waals surface area contributed by atoms with Crippen molar-refractivity contribution in [3.63, 3.8) is 0 Å². The molecule has 0 aromatic heterocycles. The standard InChI is InChI=1S/C12H26N2O/c1-5-7-8-11(13)12(15)14(4)9-10(3)6-2/h10-11H,5-9,13H2,1-4H3. The summed E-state index contributed by atoms with van der Waals surface area (Å²) in [5.41, 5.74) is 5.83. The Morgan fingerprint density at radius 3 is 2.47 bits per heavy atom.